The van der Waals surface area contributed by atoms with Gasteiger partial charge in [0.25, 0.3) is 0 Å². The summed E-state index contributed by atoms with van der Waals surface area (Å²) in [4.78, 5) is 0. The third-order valence-corrected chi connectivity index (χ3v) is 6.34. The van der Waals surface area contributed by atoms with Gasteiger partial charge in [-0.3, -0.25) is 0 Å². The zero-order valence-corrected chi connectivity index (χ0v) is 11.6. The minimum absolute atomic E-state index is 0.0414. The highest BCUT2D eigenvalue weighted by atomic mass is 32.2. The first-order chi connectivity index (χ1) is 8.18. The van der Waals surface area contributed by atoms with Gasteiger partial charge in [-0.1, -0.05) is 25.1 Å². The van der Waals surface area contributed by atoms with Crippen LogP contribution in [0.2, 0.25) is 0 Å². The Kier molecular flexibility index (Phi) is 4.77. The molecule has 1 aromatic carbocycles. The van der Waals surface area contributed by atoms with Crippen LogP contribution in [0.4, 0.5) is 4.39 Å². The van der Waals surface area contributed by atoms with Crippen LogP contribution in [0.3, 0.4) is 0 Å². The Balaban J connectivity index is 2.01. The molecule has 0 aromatic heterocycles. The molecule has 2 N–H and O–H groups in total. The second-order valence-electron chi connectivity index (χ2n) is 4.37. The van der Waals surface area contributed by atoms with Crippen LogP contribution in [0.25, 0.3) is 0 Å². The van der Waals surface area contributed by atoms with Gasteiger partial charge in [0.15, 0.2) is 0 Å². The molecule has 17 heavy (non-hydrogen) atoms. The summed E-state index contributed by atoms with van der Waals surface area (Å²) in [5, 5.41) is 1.00. The second-order valence-corrected chi connectivity index (χ2v) is 7.14. The molecular weight excluding hydrogens is 253 g/mol. The number of hydrogen-bond acceptors (Lipinski definition) is 3. The number of benzene rings is 1. The largest absolute Gasteiger partial charge is 0.326 e. The summed E-state index contributed by atoms with van der Waals surface area (Å²) in [6, 6.07) is 6.98. The third-order valence-electron chi connectivity index (χ3n) is 3.07. The lowest BCUT2D eigenvalue weighted by molar-refractivity contribution is 0.572. The highest BCUT2D eigenvalue weighted by Gasteiger charge is 2.28. The van der Waals surface area contributed by atoms with E-state index < -0.39 is 0 Å². The Labute approximate surface area is 111 Å². The maximum absolute atomic E-state index is 13.5. The molecule has 2 rings (SSSR count). The van der Waals surface area contributed by atoms with E-state index in [1.807, 2.05) is 35.7 Å². The lowest BCUT2D eigenvalue weighted by Crippen LogP contribution is -2.42. The van der Waals surface area contributed by atoms with E-state index in [2.05, 4.69) is 6.92 Å². The molecule has 0 saturated carbocycles. The Hall–Kier alpha value is -0.190. The van der Waals surface area contributed by atoms with Crippen molar-refractivity contribution in [1.82, 2.24) is 0 Å². The average molecular weight is 271 g/mol. The summed E-state index contributed by atoms with van der Waals surface area (Å²) in [6.07, 6.45) is 0.634. The Morgan fingerprint density at radius 3 is 2.76 bits per heavy atom. The number of nitrogens with two attached hydrogens (primary N) is 1. The molecule has 0 spiro atoms. The second kappa shape index (κ2) is 6.12. The molecule has 0 radical (unpaired) electrons. The van der Waals surface area contributed by atoms with Gasteiger partial charge in [0, 0.05) is 28.0 Å². The lowest BCUT2D eigenvalue weighted by atomic mass is 10.0. The number of hydrogen-bond donors (Lipinski definition) is 1. The van der Waals surface area contributed by atoms with Crippen LogP contribution in [0.5, 0.6) is 0 Å². The Morgan fingerprint density at radius 1 is 1.35 bits per heavy atom. The topological polar surface area (TPSA) is 26.0 Å². The van der Waals surface area contributed by atoms with E-state index in [-0.39, 0.29) is 11.9 Å². The average Bonchev–Trinajstić information content (AvgIpc) is 2.32. The molecule has 1 aromatic rings. The maximum Gasteiger partial charge on any atom is 0.126 e. The van der Waals surface area contributed by atoms with Gasteiger partial charge in [0.1, 0.15) is 5.82 Å². The van der Waals surface area contributed by atoms with Crippen molar-refractivity contribution in [3.63, 3.8) is 0 Å². The smallest absolute Gasteiger partial charge is 0.126 e. The molecular formula is C13H18FNS2. The molecule has 0 amide bonds. The van der Waals surface area contributed by atoms with E-state index in [0.29, 0.717) is 16.9 Å². The third kappa shape index (κ3) is 3.39. The van der Waals surface area contributed by atoms with Crippen LogP contribution < -0.4 is 5.73 Å². The Morgan fingerprint density at radius 2 is 2.06 bits per heavy atom. The molecule has 94 valence electrons. The highest BCUT2D eigenvalue weighted by Crippen LogP contribution is 2.33. The molecule has 1 aliphatic heterocycles. The predicted molar refractivity (Wildman–Crippen MR) is 76.2 cm³/mol. The summed E-state index contributed by atoms with van der Waals surface area (Å²) in [5.74, 6) is 2.23. The fourth-order valence-corrected chi connectivity index (χ4v) is 5.05. The number of rotatable bonds is 3. The van der Waals surface area contributed by atoms with Crippen LogP contribution >= 0.6 is 23.5 Å². The van der Waals surface area contributed by atoms with Crippen LogP contribution in [-0.2, 0) is 6.42 Å². The van der Waals surface area contributed by atoms with Crippen molar-refractivity contribution in [3.8, 4) is 0 Å². The van der Waals surface area contributed by atoms with E-state index >= 15 is 0 Å². The molecule has 4 heteroatoms. The van der Waals surface area contributed by atoms with Crippen molar-refractivity contribution in [1.29, 1.82) is 0 Å². The monoisotopic (exact) mass is 271 g/mol. The normalized spacial score (nSPS) is 26.8. The van der Waals surface area contributed by atoms with Gasteiger partial charge in [-0.15, -0.1) is 0 Å². The Bertz CT molecular complexity index is 372. The minimum atomic E-state index is -0.135. The summed E-state index contributed by atoms with van der Waals surface area (Å²) < 4.78 is 13.5. The predicted octanol–water partition coefficient (Wildman–Crippen LogP) is 2.93. The van der Waals surface area contributed by atoms with E-state index in [4.69, 9.17) is 5.73 Å². The first-order valence-corrected chi connectivity index (χ1v) is 8.00. The molecule has 3 unspecified atom stereocenters. The molecule has 1 saturated heterocycles. The standard InChI is InChI=1S/C13H18FNS2/c1-9-13(17-7-6-16-9)12(15)8-10-4-2-3-5-11(10)14/h2-5,9,12-13H,6-8,15H2,1H3. The van der Waals surface area contributed by atoms with Crippen LogP contribution in [0, 0.1) is 5.82 Å². The fourth-order valence-electron chi connectivity index (χ4n) is 2.15. The van der Waals surface area contributed by atoms with Gasteiger partial charge < -0.3 is 5.73 Å². The number of halogens is 1. The van der Waals surface area contributed by atoms with Gasteiger partial charge in [0.05, 0.1) is 0 Å². The summed E-state index contributed by atoms with van der Waals surface area (Å²) in [6.45, 7) is 2.22. The minimum Gasteiger partial charge on any atom is -0.326 e. The van der Waals surface area contributed by atoms with E-state index in [9.17, 15) is 4.39 Å². The quantitative estimate of drug-likeness (QED) is 0.915. The van der Waals surface area contributed by atoms with Crippen molar-refractivity contribution < 1.29 is 4.39 Å². The van der Waals surface area contributed by atoms with E-state index in [1.54, 1.807) is 6.07 Å². The zero-order valence-electron chi connectivity index (χ0n) is 9.93. The van der Waals surface area contributed by atoms with Gasteiger partial charge in [-0.2, -0.15) is 23.5 Å². The number of thioether (sulfide) groups is 2. The van der Waals surface area contributed by atoms with Crippen molar-refractivity contribution in [2.45, 2.75) is 29.9 Å². The van der Waals surface area contributed by atoms with Gasteiger partial charge in [0.2, 0.25) is 0 Å². The summed E-state index contributed by atoms with van der Waals surface area (Å²) >= 11 is 3.91. The molecule has 1 aliphatic rings. The SMILES string of the molecule is CC1SCCSC1C(N)Cc1ccccc1F. The molecule has 1 heterocycles. The van der Waals surface area contributed by atoms with E-state index in [0.717, 1.165) is 11.3 Å². The van der Waals surface area contributed by atoms with Crippen molar-refractivity contribution in [2.24, 2.45) is 5.73 Å². The van der Waals surface area contributed by atoms with Gasteiger partial charge >= 0.3 is 0 Å². The first kappa shape index (κ1) is 13.2. The van der Waals surface area contributed by atoms with Crippen LogP contribution in [0.15, 0.2) is 24.3 Å². The molecule has 1 nitrogen and oxygen atoms in total. The summed E-state index contributed by atoms with van der Waals surface area (Å²) in [7, 11) is 0. The molecule has 1 fully saturated rings. The van der Waals surface area contributed by atoms with Gasteiger partial charge in [-0.25, -0.2) is 4.39 Å². The van der Waals surface area contributed by atoms with Crippen molar-refractivity contribution >= 4 is 23.5 Å². The first-order valence-electron chi connectivity index (χ1n) is 5.90. The van der Waals surface area contributed by atoms with E-state index in [1.165, 1.54) is 11.8 Å². The van der Waals surface area contributed by atoms with Gasteiger partial charge in [-0.05, 0) is 18.1 Å². The fraction of sp³-hybridized carbons (Fsp3) is 0.538. The lowest BCUT2D eigenvalue weighted by Gasteiger charge is -2.32. The molecule has 0 bridgehead atoms. The van der Waals surface area contributed by atoms with Crippen LogP contribution in [0.1, 0.15) is 12.5 Å². The highest BCUT2D eigenvalue weighted by molar-refractivity contribution is 8.07. The molecule has 0 aliphatic carbocycles. The molecule has 3 atom stereocenters. The maximum atomic E-state index is 13.5. The van der Waals surface area contributed by atoms with Crippen LogP contribution in [-0.4, -0.2) is 28.0 Å². The summed E-state index contributed by atoms with van der Waals surface area (Å²) in [5.41, 5.74) is 6.98. The van der Waals surface area contributed by atoms with Crippen molar-refractivity contribution in [2.75, 3.05) is 11.5 Å². The zero-order chi connectivity index (χ0) is 12.3. The van der Waals surface area contributed by atoms with Crippen molar-refractivity contribution in [3.05, 3.63) is 35.6 Å².